The molecule has 1 aromatic carbocycles. The minimum absolute atomic E-state index is 0.104. The van der Waals surface area contributed by atoms with E-state index in [4.69, 9.17) is 4.74 Å². The molecule has 0 atom stereocenters. The largest absolute Gasteiger partial charge is 0.477 e. The highest BCUT2D eigenvalue weighted by atomic mass is 32.2. The number of ether oxygens (including phenoxy) is 1. The van der Waals surface area contributed by atoms with Crippen LogP contribution in [0.4, 0.5) is 14.5 Å². The zero-order valence-electron chi connectivity index (χ0n) is 18.2. The zero-order valence-corrected chi connectivity index (χ0v) is 19.0. The molecule has 0 bridgehead atoms. The van der Waals surface area contributed by atoms with Crippen LogP contribution < -0.4 is 14.8 Å². The number of carbonyl (C=O) groups is 1. The van der Waals surface area contributed by atoms with Crippen molar-refractivity contribution in [2.24, 2.45) is 0 Å². The van der Waals surface area contributed by atoms with Crippen LogP contribution in [0.25, 0.3) is 6.08 Å². The second kappa shape index (κ2) is 11.9. The molecule has 11 heteroatoms. The van der Waals surface area contributed by atoms with Gasteiger partial charge in [-0.1, -0.05) is 13.3 Å². The molecule has 0 fully saturated rings. The predicted molar refractivity (Wildman–Crippen MR) is 120 cm³/mol. The fourth-order valence-corrected chi connectivity index (χ4v) is 3.25. The summed E-state index contributed by atoms with van der Waals surface area (Å²) >= 11 is 0. The molecule has 0 saturated heterocycles. The summed E-state index contributed by atoms with van der Waals surface area (Å²) in [5, 5.41) is 11.7. The average Bonchev–Trinajstić information content (AvgIpc) is 2.77. The Kier molecular flexibility index (Phi) is 9.30. The third-order valence-electron chi connectivity index (χ3n) is 4.26. The molecule has 0 aliphatic carbocycles. The van der Waals surface area contributed by atoms with E-state index < -0.39 is 34.1 Å². The van der Waals surface area contributed by atoms with Crippen molar-refractivity contribution in [3.63, 3.8) is 0 Å². The summed E-state index contributed by atoms with van der Waals surface area (Å²) in [7, 11) is -3.78. The van der Waals surface area contributed by atoms with E-state index in [1.165, 1.54) is 24.3 Å². The van der Waals surface area contributed by atoms with Gasteiger partial charge >= 0.3 is 0 Å². The predicted octanol–water partition coefficient (Wildman–Crippen LogP) is 3.44. The molecule has 0 unspecified atom stereocenters. The SMILES string of the molecule is CCCCOc1nc(CF)ccc1/C=C/C(=O)NCc1cc(F)c(NS(C)(=O)=O)c(C#N)c1. The first kappa shape index (κ1) is 25.7. The van der Waals surface area contributed by atoms with Gasteiger partial charge in [0.2, 0.25) is 21.8 Å². The highest BCUT2D eigenvalue weighted by Crippen LogP contribution is 2.23. The van der Waals surface area contributed by atoms with E-state index in [1.807, 2.05) is 11.6 Å². The van der Waals surface area contributed by atoms with E-state index in [-0.39, 0.29) is 29.2 Å². The number of sulfonamides is 1. The van der Waals surface area contributed by atoms with E-state index in [0.717, 1.165) is 25.2 Å². The van der Waals surface area contributed by atoms with Crippen LogP contribution >= 0.6 is 0 Å². The molecule has 1 amide bonds. The van der Waals surface area contributed by atoms with E-state index in [1.54, 1.807) is 12.1 Å². The molecule has 2 N–H and O–H groups in total. The quantitative estimate of drug-likeness (QED) is 0.377. The van der Waals surface area contributed by atoms with Gasteiger partial charge in [-0.2, -0.15) is 5.26 Å². The second-order valence-electron chi connectivity index (χ2n) is 7.07. The zero-order chi connectivity index (χ0) is 24.4. The minimum atomic E-state index is -3.78. The van der Waals surface area contributed by atoms with Crippen LogP contribution in [0.1, 0.15) is 42.1 Å². The van der Waals surface area contributed by atoms with Gasteiger partial charge < -0.3 is 10.1 Å². The number of halogens is 2. The summed E-state index contributed by atoms with van der Waals surface area (Å²) in [4.78, 5) is 16.3. The lowest BCUT2D eigenvalue weighted by Crippen LogP contribution is -2.20. The van der Waals surface area contributed by atoms with Crippen molar-refractivity contribution in [1.29, 1.82) is 5.26 Å². The topological polar surface area (TPSA) is 121 Å². The molecule has 2 aromatic rings. The lowest BCUT2D eigenvalue weighted by atomic mass is 10.1. The first-order valence-corrected chi connectivity index (χ1v) is 11.9. The summed E-state index contributed by atoms with van der Waals surface area (Å²) in [6, 6.07) is 7.11. The standard InChI is InChI=1S/C22H24F2N4O4S/c1-3-4-9-32-22-16(5-7-18(12-23)27-22)6-8-20(29)26-14-15-10-17(13-25)21(19(24)11-15)28-33(2,30)31/h5-8,10-11,28H,3-4,9,12,14H2,1-2H3,(H,26,29)/b8-6+. The van der Waals surface area contributed by atoms with Gasteiger partial charge in [0.1, 0.15) is 24.2 Å². The van der Waals surface area contributed by atoms with Crippen molar-refractivity contribution in [3.05, 3.63) is 58.5 Å². The Morgan fingerprint density at radius 2 is 2.09 bits per heavy atom. The van der Waals surface area contributed by atoms with Crippen molar-refractivity contribution >= 4 is 27.7 Å². The molecule has 176 valence electrons. The first-order chi connectivity index (χ1) is 15.7. The summed E-state index contributed by atoms with van der Waals surface area (Å²) in [6.45, 7) is 1.56. The molecule has 8 nitrogen and oxygen atoms in total. The normalized spacial score (nSPS) is 11.2. The van der Waals surface area contributed by atoms with Crippen molar-refractivity contribution < 1.29 is 26.7 Å². The molecule has 2 rings (SSSR count). The van der Waals surface area contributed by atoms with Gasteiger partial charge in [-0.05, 0) is 42.3 Å². The Labute approximate surface area is 191 Å². The second-order valence-corrected chi connectivity index (χ2v) is 8.82. The Bertz CT molecular complexity index is 1180. The number of alkyl halides is 1. The highest BCUT2D eigenvalue weighted by molar-refractivity contribution is 7.92. The van der Waals surface area contributed by atoms with Crippen molar-refractivity contribution in [1.82, 2.24) is 10.3 Å². The molecule has 0 aliphatic heterocycles. The molecule has 0 radical (unpaired) electrons. The molecule has 0 aliphatic rings. The van der Waals surface area contributed by atoms with E-state index in [2.05, 4.69) is 10.3 Å². The van der Waals surface area contributed by atoms with Crippen LogP contribution in [-0.4, -0.2) is 32.2 Å². The van der Waals surface area contributed by atoms with E-state index >= 15 is 0 Å². The minimum Gasteiger partial charge on any atom is -0.477 e. The molecule has 1 heterocycles. The lowest BCUT2D eigenvalue weighted by molar-refractivity contribution is -0.116. The Balaban J connectivity index is 2.10. The number of unbranched alkanes of at least 4 members (excludes halogenated alkanes) is 1. The van der Waals surface area contributed by atoms with Crippen LogP contribution in [0.5, 0.6) is 5.88 Å². The van der Waals surface area contributed by atoms with Gasteiger partial charge in [0.05, 0.1) is 24.1 Å². The number of anilines is 1. The maximum absolute atomic E-state index is 14.3. The van der Waals surface area contributed by atoms with Crippen molar-refractivity contribution in [2.75, 3.05) is 17.6 Å². The number of nitrogens with zero attached hydrogens (tertiary/aromatic N) is 2. The van der Waals surface area contributed by atoms with Gasteiger partial charge in [-0.25, -0.2) is 22.2 Å². The van der Waals surface area contributed by atoms with E-state index in [0.29, 0.717) is 12.2 Å². The summed E-state index contributed by atoms with van der Waals surface area (Å²) in [6.07, 6.45) is 5.24. The molecule has 0 spiro atoms. The molecular weight excluding hydrogens is 454 g/mol. The number of rotatable bonds is 11. The Morgan fingerprint density at radius 1 is 1.33 bits per heavy atom. The van der Waals surface area contributed by atoms with Crippen LogP contribution in [0.15, 0.2) is 30.3 Å². The number of hydrogen-bond acceptors (Lipinski definition) is 6. The monoisotopic (exact) mass is 478 g/mol. The smallest absolute Gasteiger partial charge is 0.244 e. The van der Waals surface area contributed by atoms with Gasteiger partial charge in [-0.15, -0.1) is 0 Å². The van der Waals surface area contributed by atoms with Crippen molar-refractivity contribution in [3.8, 4) is 11.9 Å². The summed E-state index contributed by atoms with van der Waals surface area (Å²) < 4.78 is 57.5. The summed E-state index contributed by atoms with van der Waals surface area (Å²) in [5.74, 6) is -1.23. The van der Waals surface area contributed by atoms with Crippen molar-refractivity contribution in [2.45, 2.75) is 33.0 Å². The van der Waals surface area contributed by atoms with Gasteiger partial charge in [0, 0.05) is 18.2 Å². The Morgan fingerprint density at radius 3 is 2.73 bits per heavy atom. The Hall–Kier alpha value is -3.52. The third-order valence-corrected chi connectivity index (χ3v) is 4.83. The van der Waals surface area contributed by atoms with Gasteiger partial charge in [0.25, 0.3) is 0 Å². The molecule has 33 heavy (non-hydrogen) atoms. The number of hydrogen-bond donors (Lipinski definition) is 2. The summed E-state index contributed by atoms with van der Waals surface area (Å²) in [5.41, 5.74) is 0.310. The number of benzene rings is 1. The number of nitrogens with one attached hydrogen (secondary N) is 2. The fourth-order valence-electron chi connectivity index (χ4n) is 2.68. The van der Waals surface area contributed by atoms with Crippen LogP contribution in [0.3, 0.4) is 0 Å². The first-order valence-electron chi connectivity index (χ1n) is 10.0. The lowest BCUT2D eigenvalue weighted by Gasteiger charge is -2.10. The molecule has 1 aromatic heterocycles. The number of nitriles is 1. The van der Waals surface area contributed by atoms with Crippen LogP contribution in [-0.2, 0) is 28.0 Å². The molecular formula is C22H24F2N4O4S. The third kappa shape index (κ3) is 8.16. The number of amides is 1. The van der Waals surface area contributed by atoms with Crippen LogP contribution in [0, 0.1) is 17.1 Å². The van der Waals surface area contributed by atoms with E-state index in [9.17, 15) is 27.3 Å². The van der Waals surface area contributed by atoms with Gasteiger partial charge in [-0.3, -0.25) is 9.52 Å². The highest BCUT2D eigenvalue weighted by Gasteiger charge is 2.15. The maximum Gasteiger partial charge on any atom is 0.244 e. The fraction of sp³-hybridized carbons (Fsp3) is 0.318. The average molecular weight is 479 g/mol. The van der Waals surface area contributed by atoms with Gasteiger partial charge in [0.15, 0.2) is 0 Å². The maximum atomic E-state index is 14.3. The number of pyridine rings is 1. The molecule has 0 saturated carbocycles. The number of carbonyl (C=O) groups excluding carboxylic acids is 1. The number of aromatic nitrogens is 1. The van der Waals surface area contributed by atoms with Crippen LogP contribution in [0.2, 0.25) is 0 Å².